The first-order valence-electron chi connectivity index (χ1n) is 8.57. The van der Waals surface area contributed by atoms with Crippen molar-refractivity contribution < 1.29 is 19.1 Å². The quantitative estimate of drug-likeness (QED) is 0.702. The van der Waals surface area contributed by atoms with Crippen molar-refractivity contribution in [3.05, 3.63) is 53.4 Å². The lowest BCUT2D eigenvalue weighted by atomic mass is 10.1. The summed E-state index contributed by atoms with van der Waals surface area (Å²) in [4.78, 5) is 28.8. The molecule has 0 saturated carbocycles. The number of ether oxygens (including phenoxy) is 2. The van der Waals surface area contributed by atoms with Crippen molar-refractivity contribution in [1.82, 2.24) is 4.98 Å². The molecule has 0 fully saturated rings. The third kappa shape index (κ3) is 3.41. The van der Waals surface area contributed by atoms with Gasteiger partial charge in [-0.1, -0.05) is 12.1 Å². The highest BCUT2D eigenvalue weighted by Gasteiger charge is 2.24. The summed E-state index contributed by atoms with van der Waals surface area (Å²) in [5.41, 5.74) is 2.54. The zero-order valence-corrected chi connectivity index (χ0v) is 16.0. The van der Waals surface area contributed by atoms with Crippen LogP contribution in [0.4, 0.5) is 10.8 Å². The fourth-order valence-corrected chi connectivity index (χ4v) is 3.54. The van der Waals surface area contributed by atoms with Gasteiger partial charge in [-0.15, -0.1) is 11.3 Å². The second-order valence-electron chi connectivity index (χ2n) is 6.15. The van der Waals surface area contributed by atoms with Gasteiger partial charge < -0.3 is 14.8 Å². The van der Waals surface area contributed by atoms with Crippen LogP contribution in [-0.2, 0) is 4.79 Å². The highest BCUT2D eigenvalue weighted by Crippen LogP contribution is 2.35. The summed E-state index contributed by atoms with van der Waals surface area (Å²) < 4.78 is 10.8. The molecule has 2 heterocycles. The van der Waals surface area contributed by atoms with Gasteiger partial charge in [0.1, 0.15) is 11.5 Å². The predicted octanol–water partition coefficient (Wildman–Crippen LogP) is 3.79. The topological polar surface area (TPSA) is 89.5 Å². The number of hydrogen-bond donors (Lipinski definition) is 2. The van der Waals surface area contributed by atoms with Crippen molar-refractivity contribution >= 4 is 34.0 Å². The number of nitrogens with one attached hydrogen (secondary N) is 2. The average Bonchev–Trinajstić information content (AvgIpc) is 3.17. The Hall–Kier alpha value is -3.39. The molecule has 0 bridgehead atoms. The van der Waals surface area contributed by atoms with Gasteiger partial charge in [0, 0.05) is 10.9 Å². The predicted molar refractivity (Wildman–Crippen MR) is 107 cm³/mol. The number of para-hydroxylation sites is 1. The Labute approximate surface area is 165 Å². The molecule has 142 valence electrons. The summed E-state index contributed by atoms with van der Waals surface area (Å²) in [6, 6.07) is 12.5. The van der Waals surface area contributed by atoms with E-state index in [4.69, 9.17) is 9.47 Å². The van der Waals surface area contributed by atoms with Crippen LogP contribution >= 0.6 is 11.3 Å². The number of benzene rings is 2. The summed E-state index contributed by atoms with van der Waals surface area (Å²) >= 11 is 1.32. The second kappa shape index (κ2) is 7.32. The van der Waals surface area contributed by atoms with E-state index in [9.17, 15) is 9.59 Å². The number of thiazole rings is 1. The molecule has 1 aromatic heterocycles. The Morgan fingerprint density at radius 2 is 2.11 bits per heavy atom. The largest absolute Gasteiger partial charge is 0.496 e. The maximum atomic E-state index is 12.5. The number of rotatable bonds is 4. The Kier molecular flexibility index (Phi) is 4.70. The van der Waals surface area contributed by atoms with Crippen molar-refractivity contribution in [2.24, 2.45) is 0 Å². The zero-order chi connectivity index (χ0) is 19.7. The van der Waals surface area contributed by atoms with Crippen molar-refractivity contribution in [3.63, 3.8) is 0 Å². The number of carbonyl (C=O) groups excluding carboxylic acids is 2. The highest BCUT2D eigenvalue weighted by molar-refractivity contribution is 7.14. The van der Waals surface area contributed by atoms with Crippen LogP contribution in [0.2, 0.25) is 0 Å². The lowest BCUT2D eigenvalue weighted by Crippen LogP contribution is -2.34. The van der Waals surface area contributed by atoms with Crippen LogP contribution in [-0.4, -0.2) is 30.0 Å². The molecular weight excluding hydrogens is 378 g/mol. The summed E-state index contributed by atoms with van der Waals surface area (Å²) in [5.74, 6) is 0.637. The molecule has 2 aromatic carbocycles. The maximum absolute atomic E-state index is 12.5. The van der Waals surface area contributed by atoms with Crippen molar-refractivity contribution in [2.45, 2.75) is 13.0 Å². The lowest BCUT2D eigenvalue weighted by Gasteiger charge is -2.23. The van der Waals surface area contributed by atoms with Crippen molar-refractivity contribution in [1.29, 1.82) is 0 Å². The van der Waals surface area contributed by atoms with E-state index in [0.717, 1.165) is 5.56 Å². The van der Waals surface area contributed by atoms with E-state index in [1.165, 1.54) is 18.4 Å². The van der Waals surface area contributed by atoms with E-state index in [0.29, 0.717) is 33.6 Å². The van der Waals surface area contributed by atoms with Crippen molar-refractivity contribution in [3.8, 4) is 22.8 Å². The Balaban J connectivity index is 1.54. The molecule has 0 radical (unpaired) electrons. The van der Waals surface area contributed by atoms with E-state index in [1.807, 2.05) is 11.4 Å². The molecule has 0 saturated heterocycles. The van der Waals surface area contributed by atoms with E-state index in [1.54, 1.807) is 43.3 Å². The first kappa shape index (κ1) is 18.0. The summed E-state index contributed by atoms with van der Waals surface area (Å²) in [5, 5.41) is 7.92. The Bertz CT molecular complexity index is 1060. The molecule has 1 aliphatic rings. The van der Waals surface area contributed by atoms with Gasteiger partial charge in [0.05, 0.1) is 24.1 Å². The highest BCUT2D eigenvalue weighted by atomic mass is 32.1. The van der Waals surface area contributed by atoms with Crippen LogP contribution in [0.25, 0.3) is 11.3 Å². The van der Waals surface area contributed by atoms with Gasteiger partial charge in [0.2, 0.25) is 0 Å². The first-order valence-corrected chi connectivity index (χ1v) is 9.45. The minimum absolute atomic E-state index is 0.187. The second-order valence-corrected chi connectivity index (χ2v) is 7.01. The van der Waals surface area contributed by atoms with Gasteiger partial charge in [-0.05, 0) is 37.3 Å². The Morgan fingerprint density at radius 1 is 1.29 bits per heavy atom. The minimum atomic E-state index is -0.519. The summed E-state index contributed by atoms with van der Waals surface area (Å²) in [6.45, 7) is 1.70. The van der Waals surface area contributed by atoms with Crippen LogP contribution in [0.5, 0.6) is 11.5 Å². The zero-order valence-electron chi connectivity index (χ0n) is 15.2. The van der Waals surface area contributed by atoms with Gasteiger partial charge in [0.25, 0.3) is 11.8 Å². The van der Waals surface area contributed by atoms with Gasteiger partial charge in [-0.3, -0.25) is 14.9 Å². The van der Waals surface area contributed by atoms with Crippen LogP contribution < -0.4 is 20.1 Å². The van der Waals surface area contributed by atoms with Gasteiger partial charge in [-0.2, -0.15) is 0 Å². The van der Waals surface area contributed by atoms with Gasteiger partial charge in [-0.25, -0.2) is 4.98 Å². The number of carbonyl (C=O) groups is 2. The fourth-order valence-electron chi connectivity index (χ4n) is 2.83. The van der Waals surface area contributed by atoms with E-state index in [2.05, 4.69) is 15.6 Å². The number of aromatic nitrogens is 1. The smallest absolute Gasteiger partial charge is 0.265 e. The van der Waals surface area contributed by atoms with E-state index >= 15 is 0 Å². The van der Waals surface area contributed by atoms with Crippen LogP contribution in [0, 0.1) is 0 Å². The number of hydrogen-bond acceptors (Lipinski definition) is 6. The molecule has 1 aliphatic heterocycles. The first-order chi connectivity index (χ1) is 13.5. The molecule has 7 nitrogen and oxygen atoms in total. The third-order valence-electron chi connectivity index (χ3n) is 4.28. The molecule has 2 amide bonds. The number of anilines is 2. The molecule has 0 unspecified atom stereocenters. The summed E-state index contributed by atoms with van der Waals surface area (Å²) in [6.07, 6.45) is -0.519. The summed E-state index contributed by atoms with van der Waals surface area (Å²) in [7, 11) is 1.52. The minimum Gasteiger partial charge on any atom is -0.496 e. The molecule has 1 atom stereocenters. The molecule has 4 rings (SSSR count). The van der Waals surface area contributed by atoms with Gasteiger partial charge in [0.15, 0.2) is 11.2 Å². The molecule has 2 N–H and O–H groups in total. The number of nitrogens with zero attached hydrogens (tertiary/aromatic N) is 1. The van der Waals surface area contributed by atoms with Crippen LogP contribution in [0.1, 0.15) is 17.3 Å². The number of methoxy groups -OCH3 is 1. The third-order valence-corrected chi connectivity index (χ3v) is 5.04. The van der Waals surface area contributed by atoms with E-state index < -0.39 is 6.10 Å². The van der Waals surface area contributed by atoms with Gasteiger partial charge >= 0.3 is 0 Å². The molecule has 0 spiro atoms. The van der Waals surface area contributed by atoms with Crippen LogP contribution in [0.15, 0.2) is 47.8 Å². The molecule has 8 heteroatoms. The monoisotopic (exact) mass is 395 g/mol. The molecular formula is C20H17N3O4S. The molecule has 3 aromatic rings. The number of amides is 2. The van der Waals surface area contributed by atoms with Crippen molar-refractivity contribution in [2.75, 3.05) is 17.7 Å². The van der Waals surface area contributed by atoms with Crippen LogP contribution in [0.3, 0.4) is 0 Å². The van der Waals surface area contributed by atoms with E-state index in [-0.39, 0.29) is 11.8 Å². The average molecular weight is 395 g/mol. The molecule has 28 heavy (non-hydrogen) atoms. The normalized spacial score (nSPS) is 15.2. The standard InChI is InChI=1S/C20H17N3O4S/c1-11-18(24)21-14-9-12(7-8-17(14)27-11)15-10-28-20(22-15)23-19(25)13-5-3-4-6-16(13)26-2/h3-11H,1-2H3,(H,21,24)(H,22,23,25)/t11-/m0/s1. The molecule has 0 aliphatic carbocycles. The lowest BCUT2D eigenvalue weighted by molar-refractivity contribution is -0.122. The SMILES string of the molecule is COc1ccccc1C(=O)Nc1nc(-c2ccc3c(c2)NC(=O)[C@H](C)O3)cs1. The fraction of sp³-hybridized carbons (Fsp3) is 0.150. The Morgan fingerprint density at radius 3 is 2.93 bits per heavy atom. The number of fused-ring (bicyclic) bond motifs is 1. The maximum Gasteiger partial charge on any atom is 0.265 e.